The van der Waals surface area contributed by atoms with Gasteiger partial charge in [-0.25, -0.2) is 18.1 Å². The van der Waals surface area contributed by atoms with Crippen molar-refractivity contribution in [3.8, 4) is 0 Å². The molecule has 0 radical (unpaired) electrons. The van der Waals surface area contributed by atoms with Crippen molar-refractivity contribution in [1.29, 1.82) is 0 Å². The lowest BCUT2D eigenvalue weighted by Gasteiger charge is -2.21. The monoisotopic (exact) mass is 487 g/mol. The van der Waals surface area contributed by atoms with Gasteiger partial charge in [0.15, 0.2) is 0 Å². The number of esters is 1. The minimum Gasteiger partial charge on any atom is -0.462 e. The maximum absolute atomic E-state index is 13.0. The summed E-state index contributed by atoms with van der Waals surface area (Å²) in [5.74, 6) is -1.33. The largest absolute Gasteiger partial charge is 0.462 e. The molecular weight excluding hydrogens is 458 g/mol. The van der Waals surface area contributed by atoms with Crippen LogP contribution in [0.25, 0.3) is 0 Å². The van der Waals surface area contributed by atoms with Gasteiger partial charge in [0.05, 0.1) is 29.2 Å². The fourth-order valence-electron chi connectivity index (χ4n) is 3.85. The van der Waals surface area contributed by atoms with E-state index >= 15 is 0 Å². The van der Waals surface area contributed by atoms with Crippen LogP contribution in [0, 0.1) is 6.92 Å². The number of rotatable bonds is 9. The highest BCUT2D eigenvalue weighted by Gasteiger charge is 2.39. The Morgan fingerprint density at radius 3 is 2.32 bits per heavy atom. The highest BCUT2D eigenvalue weighted by Crippen LogP contribution is 2.28. The van der Waals surface area contributed by atoms with Crippen LogP contribution in [0.3, 0.4) is 0 Å². The number of amides is 2. The molecule has 0 bridgehead atoms. The molecule has 0 spiro atoms. The van der Waals surface area contributed by atoms with E-state index < -0.39 is 33.8 Å². The molecule has 0 aliphatic carbocycles. The quantitative estimate of drug-likeness (QED) is 0.427. The third kappa shape index (κ3) is 4.97. The number of imide groups is 1. The zero-order chi connectivity index (χ0) is 25.0. The van der Waals surface area contributed by atoms with Gasteiger partial charge in [-0.15, -0.1) is 0 Å². The maximum Gasteiger partial charge on any atom is 0.338 e. The van der Waals surface area contributed by atoms with Crippen molar-refractivity contribution in [1.82, 2.24) is 4.31 Å². The summed E-state index contributed by atoms with van der Waals surface area (Å²) in [6.07, 6.45) is -0.0789. The first-order valence-electron chi connectivity index (χ1n) is 11.1. The molecular formula is C24H29N3O6S. The Balaban J connectivity index is 1.81. The van der Waals surface area contributed by atoms with E-state index in [1.165, 1.54) is 34.6 Å². The van der Waals surface area contributed by atoms with Crippen LogP contribution in [-0.2, 0) is 24.3 Å². The van der Waals surface area contributed by atoms with Crippen molar-refractivity contribution < 1.29 is 27.5 Å². The molecule has 3 rings (SSSR count). The molecule has 1 fully saturated rings. The van der Waals surface area contributed by atoms with Crippen LogP contribution in [0.5, 0.6) is 0 Å². The van der Waals surface area contributed by atoms with Crippen molar-refractivity contribution in [3.63, 3.8) is 0 Å². The van der Waals surface area contributed by atoms with E-state index in [-0.39, 0.29) is 17.9 Å². The van der Waals surface area contributed by atoms with Gasteiger partial charge < -0.3 is 10.1 Å². The predicted molar refractivity (Wildman–Crippen MR) is 128 cm³/mol. The first-order chi connectivity index (χ1) is 16.1. The number of ether oxygens (including phenoxy) is 1. The number of carbonyl (C=O) groups excluding carboxylic acids is 3. The van der Waals surface area contributed by atoms with E-state index in [1.807, 2.05) is 0 Å². The molecule has 1 atom stereocenters. The average Bonchev–Trinajstić information content (AvgIpc) is 3.08. The molecule has 2 aromatic rings. The van der Waals surface area contributed by atoms with E-state index in [0.29, 0.717) is 35.6 Å². The summed E-state index contributed by atoms with van der Waals surface area (Å²) in [4.78, 5) is 38.7. The second-order valence-electron chi connectivity index (χ2n) is 7.81. The van der Waals surface area contributed by atoms with Crippen molar-refractivity contribution in [2.45, 2.75) is 45.1 Å². The summed E-state index contributed by atoms with van der Waals surface area (Å²) in [5.41, 5.74) is 1.69. The molecule has 2 amide bonds. The highest BCUT2D eigenvalue weighted by atomic mass is 32.2. The summed E-state index contributed by atoms with van der Waals surface area (Å²) >= 11 is 0. The van der Waals surface area contributed by atoms with Gasteiger partial charge in [-0.3, -0.25) is 9.59 Å². The minimum atomic E-state index is -3.69. The molecule has 1 saturated heterocycles. The van der Waals surface area contributed by atoms with Crippen LogP contribution in [0.15, 0.2) is 47.4 Å². The van der Waals surface area contributed by atoms with Crippen molar-refractivity contribution >= 4 is 39.2 Å². The lowest BCUT2D eigenvalue weighted by molar-refractivity contribution is -0.121. The fourth-order valence-corrected chi connectivity index (χ4v) is 5.56. The summed E-state index contributed by atoms with van der Waals surface area (Å²) in [7, 11) is -3.69. The summed E-state index contributed by atoms with van der Waals surface area (Å²) in [6.45, 7) is 7.90. The Kier molecular flexibility index (Phi) is 7.73. The van der Waals surface area contributed by atoms with Gasteiger partial charge >= 0.3 is 5.97 Å². The summed E-state index contributed by atoms with van der Waals surface area (Å²) in [5, 5.41) is 3.01. The molecule has 9 nitrogen and oxygen atoms in total. The van der Waals surface area contributed by atoms with Crippen LogP contribution in [0.1, 0.15) is 43.1 Å². The number of aryl methyl sites for hydroxylation is 1. The number of anilines is 2. The lowest BCUT2D eigenvalue weighted by Crippen LogP contribution is -2.35. The topological polar surface area (TPSA) is 113 Å². The van der Waals surface area contributed by atoms with Crippen LogP contribution in [0.4, 0.5) is 11.4 Å². The Hall–Kier alpha value is -3.24. The second-order valence-corrected chi connectivity index (χ2v) is 9.71. The summed E-state index contributed by atoms with van der Waals surface area (Å²) < 4.78 is 32.3. The first-order valence-corrected chi connectivity index (χ1v) is 12.6. The van der Waals surface area contributed by atoms with Crippen LogP contribution < -0.4 is 10.2 Å². The number of hydrogen-bond donors (Lipinski definition) is 1. The second kappa shape index (κ2) is 10.4. The van der Waals surface area contributed by atoms with Crippen LogP contribution in [0.2, 0.25) is 0 Å². The molecule has 34 heavy (non-hydrogen) atoms. The molecule has 2 aromatic carbocycles. The van der Waals surface area contributed by atoms with Gasteiger partial charge in [0.2, 0.25) is 15.9 Å². The normalized spacial score (nSPS) is 16.3. The fraction of sp³-hybridized carbons (Fsp3) is 0.375. The third-order valence-corrected chi connectivity index (χ3v) is 7.83. The Morgan fingerprint density at radius 1 is 1.09 bits per heavy atom. The highest BCUT2D eigenvalue weighted by molar-refractivity contribution is 7.89. The molecule has 10 heteroatoms. The minimum absolute atomic E-state index is 0.0789. The molecule has 1 aliphatic heterocycles. The SMILES string of the molecule is CCOC(=O)c1ccc(N2C(=O)CC(Nc3ccc(C)c(S(=O)(=O)N(CC)CC)c3)C2=O)cc1. The van der Waals surface area contributed by atoms with Gasteiger partial charge in [-0.1, -0.05) is 19.9 Å². The molecule has 0 aromatic heterocycles. The Labute approximate surface area is 199 Å². The molecule has 1 unspecified atom stereocenters. The molecule has 1 aliphatic rings. The van der Waals surface area contributed by atoms with E-state index in [0.717, 1.165) is 4.90 Å². The van der Waals surface area contributed by atoms with Crippen LogP contribution >= 0.6 is 0 Å². The Morgan fingerprint density at radius 2 is 1.74 bits per heavy atom. The zero-order valence-corrected chi connectivity index (χ0v) is 20.5. The average molecular weight is 488 g/mol. The number of benzene rings is 2. The number of hydrogen-bond acceptors (Lipinski definition) is 7. The van der Waals surface area contributed by atoms with Gasteiger partial charge in [0.1, 0.15) is 6.04 Å². The van der Waals surface area contributed by atoms with Crippen molar-refractivity contribution in [3.05, 3.63) is 53.6 Å². The third-order valence-electron chi connectivity index (χ3n) is 5.64. The maximum atomic E-state index is 13.0. The zero-order valence-electron chi connectivity index (χ0n) is 19.7. The molecule has 0 saturated carbocycles. The number of nitrogens with zero attached hydrogens (tertiary/aromatic N) is 2. The van der Waals surface area contributed by atoms with Crippen LogP contribution in [-0.4, -0.2) is 56.2 Å². The first kappa shape index (κ1) is 25.4. The van der Waals surface area contributed by atoms with Gasteiger partial charge in [0, 0.05) is 18.8 Å². The smallest absolute Gasteiger partial charge is 0.338 e. The van der Waals surface area contributed by atoms with Crippen molar-refractivity contribution in [2.75, 3.05) is 29.9 Å². The van der Waals surface area contributed by atoms with E-state index in [1.54, 1.807) is 39.8 Å². The molecule has 182 valence electrons. The van der Waals surface area contributed by atoms with Gasteiger partial charge in [0.25, 0.3) is 5.91 Å². The predicted octanol–water partition coefficient (Wildman–Crippen LogP) is 2.95. The lowest BCUT2D eigenvalue weighted by atomic mass is 10.2. The number of sulfonamides is 1. The standard InChI is InChI=1S/C24H29N3O6S/c1-5-26(6-2)34(31,32)21-14-18(11-8-16(21)4)25-20-15-22(28)27(23(20)29)19-12-9-17(10-13-19)24(30)33-7-3/h8-14,20,25H,5-7,15H2,1-4H3. The van der Waals surface area contributed by atoms with E-state index in [4.69, 9.17) is 4.74 Å². The Bertz CT molecular complexity index is 1190. The summed E-state index contributed by atoms with van der Waals surface area (Å²) in [6, 6.07) is 10.0. The number of nitrogens with one attached hydrogen (secondary N) is 1. The van der Waals surface area contributed by atoms with E-state index in [2.05, 4.69) is 5.32 Å². The van der Waals surface area contributed by atoms with Crippen molar-refractivity contribution in [2.24, 2.45) is 0 Å². The van der Waals surface area contributed by atoms with Gasteiger partial charge in [-0.2, -0.15) is 4.31 Å². The molecule has 1 N–H and O–H groups in total. The number of carbonyl (C=O) groups is 3. The van der Waals surface area contributed by atoms with E-state index in [9.17, 15) is 22.8 Å². The molecule has 1 heterocycles. The van der Waals surface area contributed by atoms with Gasteiger partial charge in [-0.05, 0) is 55.8 Å².